The predicted octanol–water partition coefficient (Wildman–Crippen LogP) is 3.37. The van der Waals surface area contributed by atoms with Gasteiger partial charge in [-0.15, -0.1) is 22.7 Å². The van der Waals surface area contributed by atoms with Gasteiger partial charge in [0.25, 0.3) is 5.91 Å². The minimum atomic E-state index is -0.505. The van der Waals surface area contributed by atoms with E-state index in [0.29, 0.717) is 47.3 Å². The van der Waals surface area contributed by atoms with Crippen LogP contribution in [-0.4, -0.2) is 48.1 Å². The van der Waals surface area contributed by atoms with Gasteiger partial charge in [0, 0.05) is 11.4 Å². The van der Waals surface area contributed by atoms with Crippen LogP contribution >= 0.6 is 22.7 Å². The Bertz CT molecular complexity index is 934. The van der Waals surface area contributed by atoms with Crippen molar-refractivity contribution in [2.75, 3.05) is 25.6 Å². The summed E-state index contributed by atoms with van der Waals surface area (Å²) in [6, 6.07) is 0. The van der Waals surface area contributed by atoms with Crippen molar-refractivity contribution in [1.82, 2.24) is 9.88 Å². The molecule has 28 heavy (non-hydrogen) atoms. The van der Waals surface area contributed by atoms with E-state index < -0.39 is 5.97 Å². The molecular weight excluding hydrogens is 402 g/mol. The maximum Gasteiger partial charge on any atom is 0.410 e. The second-order valence-electron chi connectivity index (χ2n) is 6.17. The van der Waals surface area contributed by atoms with Gasteiger partial charge in [-0.25, -0.2) is 14.6 Å². The lowest BCUT2D eigenvalue weighted by atomic mass is 10.0. The van der Waals surface area contributed by atoms with E-state index in [-0.39, 0.29) is 12.0 Å². The number of esters is 1. The SMILES string of the molecule is CCOC(=O)N1CCc2c(sc(NC(=O)c3sc(C)nc3C)c2C(=O)OC)C1. The van der Waals surface area contributed by atoms with Crippen LogP contribution in [-0.2, 0) is 22.4 Å². The number of hydrogen-bond acceptors (Lipinski definition) is 8. The molecule has 2 amide bonds. The number of ether oxygens (including phenoxy) is 2. The number of hydrogen-bond donors (Lipinski definition) is 1. The fourth-order valence-corrected chi connectivity index (χ4v) is 5.14. The molecule has 0 saturated carbocycles. The highest BCUT2D eigenvalue weighted by atomic mass is 32.1. The molecule has 0 aromatic carbocycles. The minimum absolute atomic E-state index is 0.301. The summed E-state index contributed by atoms with van der Waals surface area (Å²) in [5.41, 5.74) is 1.82. The van der Waals surface area contributed by atoms with Gasteiger partial charge in [-0.3, -0.25) is 4.79 Å². The van der Waals surface area contributed by atoms with Gasteiger partial charge in [-0.2, -0.15) is 0 Å². The second-order valence-corrected chi connectivity index (χ2v) is 8.48. The highest BCUT2D eigenvalue weighted by Gasteiger charge is 2.31. The highest BCUT2D eigenvalue weighted by molar-refractivity contribution is 7.17. The summed E-state index contributed by atoms with van der Waals surface area (Å²) in [5.74, 6) is -0.816. The zero-order valence-corrected chi connectivity index (χ0v) is 17.7. The largest absolute Gasteiger partial charge is 0.465 e. The highest BCUT2D eigenvalue weighted by Crippen LogP contribution is 2.38. The van der Waals surface area contributed by atoms with E-state index >= 15 is 0 Å². The van der Waals surface area contributed by atoms with Crippen molar-refractivity contribution in [3.63, 3.8) is 0 Å². The summed E-state index contributed by atoms with van der Waals surface area (Å²) >= 11 is 2.58. The molecule has 3 heterocycles. The Balaban J connectivity index is 1.91. The summed E-state index contributed by atoms with van der Waals surface area (Å²) in [6.07, 6.45) is 0.103. The number of methoxy groups -OCH3 is 1. The van der Waals surface area contributed by atoms with Crippen molar-refractivity contribution >= 4 is 45.6 Å². The van der Waals surface area contributed by atoms with Gasteiger partial charge in [-0.1, -0.05) is 0 Å². The summed E-state index contributed by atoms with van der Waals surface area (Å²) in [5, 5.41) is 4.06. The number of carbonyl (C=O) groups is 3. The van der Waals surface area contributed by atoms with Gasteiger partial charge in [-0.05, 0) is 32.8 Å². The first kappa shape index (κ1) is 20.3. The monoisotopic (exact) mass is 423 g/mol. The van der Waals surface area contributed by atoms with Crippen LogP contribution in [0.4, 0.5) is 9.80 Å². The van der Waals surface area contributed by atoms with Gasteiger partial charge in [0.05, 0.1) is 36.5 Å². The molecule has 0 unspecified atom stereocenters. The Morgan fingerprint density at radius 2 is 2.00 bits per heavy atom. The number of amides is 2. The Morgan fingerprint density at radius 1 is 1.25 bits per heavy atom. The molecule has 1 aliphatic rings. The zero-order valence-electron chi connectivity index (χ0n) is 16.1. The Hall–Kier alpha value is -2.46. The fourth-order valence-electron chi connectivity index (χ4n) is 3.08. The number of aromatic nitrogens is 1. The van der Waals surface area contributed by atoms with Crippen LogP contribution in [0.15, 0.2) is 0 Å². The van der Waals surface area contributed by atoms with E-state index in [1.54, 1.807) is 18.7 Å². The van der Waals surface area contributed by atoms with Crippen LogP contribution in [0.1, 0.15) is 48.1 Å². The molecule has 2 aromatic heterocycles. The van der Waals surface area contributed by atoms with Crippen molar-refractivity contribution in [3.8, 4) is 0 Å². The second kappa shape index (κ2) is 8.27. The van der Waals surface area contributed by atoms with E-state index in [4.69, 9.17) is 9.47 Å². The topological polar surface area (TPSA) is 97.8 Å². The lowest BCUT2D eigenvalue weighted by molar-refractivity contribution is 0.0600. The molecular formula is C18H21N3O5S2. The van der Waals surface area contributed by atoms with Crippen molar-refractivity contribution < 1.29 is 23.9 Å². The van der Waals surface area contributed by atoms with Gasteiger partial charge in [0.2, 0.25) is 0 Å². The number of nitrogens with one attached hydrogen (secondary N) is 1. The third-order valence-electron chi connectivity index (χ3n) is 4.31. The van der Waals surface area contributed by atoms with Crippen LogP contribution in [0.25, 0.3) is 0 Å². The van der Waals surface area contributed by atoms with E-state index in [1.165, 1.54) is 29.8 Å². The Morgan fingerprint density at radius 3 is 2.61 bits per heavy atom. The molecule has 8 nitrogen and oxygen atoms in total. The van der Waals surface area contributed by atoms with Crippen molar-refractivity contribution in [2.45, 2.75) is 33.7 Å². The number of nitrogens with zero attached hydrogens (tertiary/aromatic N) is 2. The van der Waals surface area contributed by atoms with Crippen LogP contribution in [0.3, 0.4) is 0 Å². The van der Waals surface area contributed by atoms with Crippen molar-refractivity contribution in [3.05, 3.63) is 31.6 Å². The normalized spacial score (nSPS) is 13.1. The summed E-state index contributed by atoms with van der Waals surface area (Å²) < 4.78 is 10.00. The zero-order chi connectivity index (χ0) is 20.4. The lowest BCUT2D eigenvalue weighted by Gasteiger charge is -2.26. The van der Waals surface area contributed by atoms with Crippen LogP contribution in [0.2, 0.25) is 0 Å². The Labute approximate surface area is 170 Å². The van der Waals surface area contributed by atoms with E-state index in [0.717, 1.165) is 15.4 Å². The molecule has 0 atom stereocenters. The number of rotatable bonds is 4. The molecule has 0 bridgehead atoms. The van der Waals surface area contributed by atoms with Gasteiger partial charge < -0.3 is 19.7 Å². The minimum Gasteiger partial charge on any atom is -0.465 e. The molecule has 0 spiro atoms. The molecule has 0 aliphatic carbocycles. The maximum absolute atomic E-state index is 12.7. The first-order valence-electron chi connectivity index (χ1n) is 8.75. The first-order valence-corrected chi connectivity index (χ1v) is 10.4. The quantitative estimate of drug-likeness (QED) is 0.757. The van der Waals surface area contributed by atoms with E-state index in [1.807, 2.05) is 6.92 Å². The van der Waals surface area contributed by atoms with E-state index in [2.05, 4.69) is 10.3 Å². The van der Waals surface area contributed by atoms with Crippen LogP contribution in [0, 0.1) is 13.8 Å². The molecule has 1 aliphatic heterocycles. The van der Waals surface area contributed by atoms with Crippen LogP contribution < -0.4 is 5.32 Å². The smallest absolute Gasteiger partial charge is 0.410 e. The third kappa shape index (κ3) is 3.88. The predicted molar refractivity (Wildman–Crippen MR) is 106 cm³/mol. The fraction of sp³-hybridized carbons (Fsp3) is 0.444. The average molecular weight is 424 g/mol. The lowest BCUT2D eigenvalue weighted by Crippen LogP contribution is -2.36. The number of aryl methyl sites for hydroxylation is 2. The standard InChI is InChI=1S/C18H21N3O5S2/c1-5-26-18(24)21-7-6-11-12(8-21)28-16(13(11)17(23)25-4)20-15(22)14-9(2)19-10(3)27-14/h5-8H2,1-4H3,(H,20,22). The Kier molecular flexibility index (Phi) is 5.99. The van der Waals surface area contributed by atoms with E-state index in [9.17, 15) is 14.4 Å². The summed E-state index contributed by atoms with van der Waals surface area (Å²) in [6.45, 7) is 6.43. The molecule has 0 saturated heterocycles. The number of anilines is 1. The summed E-state index contributed by atoms with van der Waals surface area (Å²) in [7, 11) is 1.31. The first-order chi connectivity index (χ1) is 13.3. The number of fused-ring (bicyclic) bond motifs is 1. The van der Waals surface area contributed by atoms with Crippen molar-refractivity contribution in [1.29, 1.82) is 0 Å². The van der Waals surface area contributed by atoms with Gasteiger partial charge >= 0.3 is 12.1 Å². The van der Waals surface area contributed by atoms with Crippen LogP contribution in [0.5, 0.6) is 0 Å². The molecule has 150 valence electrons. The number of thiazole rings is 1. The molecule has 2 aromatic rings. The van der Waals surface area contributed by atoms with Gasteiger partial charge in [0.1, 0.15) is 9.88 Å². The van der Waals surface area contributed by atoms with Crippen molar-refractivity contribution in [2.24, 2.45) is 0 Å². The molecule has 0 radical (unpaired) electrons. The van der Waals surface area contributed by atoms with Gasteiger partial charge in [0.15, 0.2) is 0 Å². The molecule has 3 rings (SSSR count). The third-order valence-corrected chi connectivity index (χ3v) is 6.51. The number of thiophene rings is 1. The number of carbonyl (C=O) groups excluding carboxylic acids is 3. The average Bonchev–Trinajstić information content (AvgIpc) is 3.19. The maximum atomic E-state index is 12.7. The molecule has 0 fully saturated rings. The molecule has 1 N–H and O–H groups in total. The molecule has 10 heteroatoms. The summed E-state index contributed by atoms with van der Waals surface area (Å²) in [4.78, 5) is 44.3.